The Labute approximate surface area is 130 Å². The highest BCUT2D eigenvalue weighted by molar-refractivity contribution is 6.30. The smallest absolute Gasteiger partial charge is 0.260 e. The average molecular weight is 312 g/mol. The summed E-state index contributed by atoms with van der Waals surface area (Å²) in [5, 5.41) is 13.2. The normalized spacial score (nSPS) is 23.4. The summed E-state index contributed by atoms with van der Waals surface area (Å²) < 4.78 is 5.57. The highest BCUT2D eigenvalue weighted by Gasteiger charge is 2.22. The molecule has 0 saturated heterocycles. The fourth-order valence-corrected chi connectivity index (χ4v) is 2.73. The van der Waals surface area contributed by atoms with E-state index in [-0.39, 0.29) is 12.0 Å². The van der Waals surface area contributed by atoms with Gasteiger partial charge in [0.15, 0.2) is 6.10 Å². The molecular formula is C16H22ClNO3. The molecule has 1 aliphatic carbocycles. The topological polar surface area (TPSA) is 58.6 Å². The molecule has 1 aromatic rings. The first-order valence-electron chi connectivity index (χ1n) is 7.42. The van der Waals surface area contributed by atoms with Crippen LogP contribution in [0.25, 0.3) is 0 Å². The van der Waals surface area contributed by atoms with Crippen LogP contribution >= 0.6 is 11.6 Å². The number of carbonyl (C=O) groups excluding carboxylic acids is 1. The molecule has 5 heteroatoms. The van der Waals surface area contributed by atoms with Crippen LogP contribution in [0.1, 0.15) is 32.6 Å². The summed E-state index contributed by atoms with van der Waals surface area (Å²) in [6.45, 7) is 2.32. The van der Waals surface area contributed by atoms with Crippen LogP contribution in [0.5, 0.6) is 5.75 Å². The maximum Gasteiger partial charge on any atom is 0.260 e. The van der Waals surface area contributed by atoms with Gasteiger partial charge in [0.2, 0.25) is 0 Å². The Morgan fingerprint density at radius 3 is 2.81 bits per heavy atom. The van der Waals surface area contributed by atoms with Gasteiger partial charge in [-0.1, -0.05) is 18.0 Å². The van der Waals surface area contributed by atoms with Crippen molar-refractivity contribution in [1.82, 2.24) is 5.32 Å². The average Bonchev–Trinajstić information content (AvgIpc) is 2.47. The number of benzene rings is 1. The lowest BCUT2D eigenvalue weighted by atomic mass is 9.87. The van der Waals surface area contributed by atoms with E-state index in [2.05, 4.69) is 5.32 Å². The molecule has 1 aliphatic rings. The van der Waals surface area contributed by atoms with E-state index in [0.717, 1.165) is 25.7 Å². The number of amides is 1. The van der Waals surface area contributed by atoms with E-state index in [4.69, 9.17) is 16.3 Å². The van der Waals surface area contributed by atoms with Gasteiger partial charge in [0, 0.05) is 11.6 Å². The molecule has 0 spiro atoms. The molecule has 0 aliphatic heterocycles. The van der Waals surface area contributed by atoms with E-state index < -0.39 is 6.10 Å². The number of nitrogens with one attached hydrogen (secondary N) is 1. The molecule has 4 nitrogen and oxygen atoms in total. The molecule has 1 fully saturated rings. The van der Waals surface area contributed by atoms with Crippen molar-refractivity contribution < 1.29 is 14.6 Å². The first-order chi connectivity index (χ1) is 10.0. The van der Waals surface area contributed by atoms with E-state index in [0.29, 0.717) is 23.2 Å². The predicted octanol–water partition coefficient (Wildman–Crippen LogP) is 2.77. The summed E-state index contributed by atoms with van der Waals surface area (Å²) in [6.07, 6.45) is 2.96. The number of halogens is 1. The molecule has 0 aromatic heterocycles. The minimum absolute atomic E-state index is 0.134. The van der Waals surface area contributed by atoms with E-state index in [1.807, 2.05) is 0 Å². The quantitative estimate of drug-likeness (QED) is 0.879. The zero-order chi connectivity index (χ0) is 15.2. The molecule has 3 unspecified atom stereocenters. The van der Waals surface area contributed by atoms with Gasteiger partial charge in [-0.05, 0) is 56.4 Å². The molecular weight excluding hydrogens is 290 g/mol. The van der Waals surface area contributed by atoms with E-state index in [1.54, 1.807) is 31.2 Å². The van der Waals surface area contributed by atoms with Crippen molar-refractivity contribution in [2.45, 2.75) is 44.8 Å². The number of aliphatic hydroxyl groups excluding tert-OH is 1. The molecule has 0 radical (unpaired) electrons. The van der Waals surface area contributed by atoms with Gasteiger partial charge < -0.3 is 15.2 Å². The Balaban J connectivity index is 1.75. The summed E-state index contributed by atoms with van der Waals surface area (Å²) >= 11 is 5.80. The highest BCUT2D eigenvalue weighted by Crippen LogP contribution is 2.23. The first kappa shape index (κ1) is 16.1. The Morgan fingerprint density at radius 1 is 1.43 bits per heavy atom. The monoisotopic (exact) mass is 311 g/mol. The minimum Gasteiger partial charge on any atom is -0.481 e. The number of hydrogen-bond acceptors (Lipinski definition) is 3. The number of rotatable bonds is 5. The van der Waals surface area contributed by atoms with Crippen molar-refractivity contribution in [1.29, 1.82) is 0 Å². The molecule has 0 heterocycles. The Bertz CT molecular complexity index is 463. The molecule has 1 amide bonds. The van der Waals surface area contributed by atoms with Gasteiger partial charge in [-0.25, -0.2) is 0 Å². The van der Waals surface area contributed by atoms with Crippen LogP contribution in [0.15, 0.2) is 24.3 Å². The van der Waals surface area contributed by atoms with Crippen LogP contribution in [0.3, 0.4) is 0 Å². The number of ether oxygens (including phenoxy) is 1. The third kappa shape index (κ3) is 5.21. The van der Waals surface area contributed by atoms with E-state index in [1.165, 1.54) is 0 Å². The highest BCUT2D eigenvalue weighted by atomic mass is 35.5. The molecule has 2 rings (SSSR count). The standard InChI is InChI=1S/C16H22ClNO3/c1-11(21-15-7-5-13(17)6-8-15)16(20)18-10-12-3-2-4-14(19)9-12/h5-8,11-12,14,19H,2-4,9-10H2,1H3,(H,18,20). The summed E-state index contributed by atoms with van der Waals surface area (Å²) in [5.41, 5.74) is 0. The summed E-state index contributed by atoms with van der Waals surface area (Å²) in [5.74, 6) is 0.848. The second-order valence-electron chi connectivity index (χ2n) is 5.65. The lowest BCUT2D eigenvalue weighted by molar-refractivity contribution is -0.127. The van der Waals surface area contributed by atoms with Crippen molar-refractivity contribution >= 4 is 17.5 Å². The lowest BCUT2D eigenvalue weighted by Crippen LogP contribution is -2.40. The third-order valence-corrected chi connectivity index (χ3v) is 4.07. The van der Waals surface area contributed by atoms with Gasteiger partial charge in [0.1, 0.15) is 5.75 Å². The molecule has 2 N–H and O–H groups in total. The van der Waals surface area contributed by atoms with Gasteiger partial charge >= 0.3 is 0 Å². The summed E-state index contributed by atoms with van der Waals surface area (Å²) in [7, 11) is 0. The van der Waals surface area contributed by atoms with Gasteiger partial charge in [0.25, 0.3) is 5.91 Å². The Morgan fingerprint density at radius 2 is 2.14 bits per heavy atom. The van der Waals surface area contributed by atoms with Crippen molar-refractivity contribution in [3.8, 4) is 5.75 Å². The van der Waals surface area contributed by atoms with Crippen molar-refractivity contribution in [2.75, 3.05) is 6.54 Å². The van der Waals surface area contributed by atoms with Crippen molar-refractivity contribution in [2.24, 2.45) is 5.92 Å². The SMILES string of the molecule is CC(Oc1ccc(Cl)cc1)C(=O)NCC1CCCC(O)C1. The minimum atomic E-state index is -0.556. The molecule has 1 aromatic carbocycles. The maximum atomic E-state index is 12.0. The number of aliphatic hydroxyl groups is 1. The van der Waals surface area contributed by atoms with Crippen LogP contribution in [-0.2, 0) is 4.79 Å². The van der Waals surface area contributed by atoms with Gasteiger partial charge in [-0.3, -0.25) is 4.79 Å². The van der Waals surface area contributed by atoms with Crippen molar-refractivity contribution in [3.05, 3.63) is 29.3 Å². The Kier molecular flexibility index (Phi) is 5.88. The molecule has 21 heavy (non-hydrogen) atoms. The van der Waals surface area contributed by atoms with E-state index >= 15 is 0 Å². The van der Waals surface area contributed by atoms with E-state index in [9.17, 15) is 9.90 Å². The first-order valence-corrected chi connectivity index (χ1v) is 7.80. The molecule has 0 bridgehead atoms. The summed E-state index contributed by atoms with van der Waals surface area (Å²) in [6, 6.07) is 6.93. The summed E-state index contributed by atoms with van der Waals surface area (Å²) in [4.78, 5) is 12.0. The fourth-order valence-electron chi connectivity index (χ4n) is 2.61. The van der Waals surface area contributed by atoms with Crippen molar-refractivity contribution in [3.63, 3.8) is 0 Å². The van der Waals surface area contributed by atoms with Crippen LogP contribution < -0.4 is 10.1 Å². The molecule has 1 saturated carbocycles. The largest absolute Gasteiger partial charge is 0.481 e. The van der Waals surface area contributed by atoms with Gasteiger partial charge in [-0.15, -0.1) is 0 Å². The molecule has 116 valence electrons. The maximum absolute atomic E-state index is 12.0. The lowest BCUT2D eigenvalue weighted by Gasteiger charge is -2.26. The predicted molar refractivity (Wildman–Crippen MR) is 82.5 cm³/mol. The molecule has 3 atom stereocenters. The second kappa shape index (κ2) is 7.66. The third-order valence-electron chi connectivity index (χ3n) is 3.82. The Hall–Kier alpha value is -1.26. The zero-order valence-electron chi connectivity index (χ0n) is 12.2. The zero-order valence-corrected chi connectivity index (χ0v) is 13.0. The van der Waals surface area contributed by atoms with Crippen LogP contribution in [0.2, 0.25) is 5.02 Å². The van der Waals surface area contributed by atoms with Crippen LogP contribution in [0, 0.1) is 5.92 Å². The number of carbonyl (C=O) groups is 1. The van der Waals surface area contributed by atoms with Crippen LogP contribution in [-0.4, -0.2) is 29.8 Å². The van der Waals surface area contributed by atoms with Gasteiger partial charge in [0.05, 0.1) is 6.10 Å². The fraction of sp³-hybridized carbons (Fsp3) is 0.562. The van der Waals surface area contributed by atoms with Crippen LogP contribution in [0.4, 0.5) is 0 Å². The number of hydrogen-bond donors (Lipinski definition) is 2. The second-order valence-corrected chi connectivity index (χ2v) is 6.08. The van der Waals surface area contributed by atoms with Gasteiger partial charge in [-0.2, -0.15) is 0 Å².